The highest BCUT2D eigenvalue weighted by atomic mass is 19.1. The van der Waals surface area contributed by atoms with Gasteiger partial charge in [-0.1, -0.05) is 12.1 Å². The van der Waals surface area contributed by atoms with Crippen LogP contribution in [-0.4, -0.2) is 31.4 Å². The van der Waals surface area contributed by atoms with Crippen molar-refractivity contribution in [3.8, 4) is 0 Å². The Morgan fingerprint density at radius 3 is 2.50 bits per heavy atom. The number of carbonyl (C=O) groups is 2. The van der Waals surface area contributed by atoms with E-state index in [1.165, 1.54) is 12.5 Å². The third kappa shape index (κ3) is 4.90. The van der Waals surface area contributed by atoms with Crippen LogP contribution in [0.25, 0.3) is 0 Å². The van der Waals surface area contributed by atoms with Gasteiger partial charge in [0.15, 0.2) is 0 Å². The van der Waals surface area contributed by atoms with Gasteiger partial charge in [-0.05, 0) is 55.2 Å². The summed E-state index contributed by atoms with van der Waals surface area (Å²) in [5, 5.41) is 8.88. The summed E-state index contributed by atoms with van der Waals surface area (Å²) in [6.45, 7) is 2.61. The highest BCUT2D eigenvalue weighted by Crippen LogP contribution is 2.28. The van der Waals surface area contributed by atoms with Gasteiger partial charge < -0.3 is 20.9 Å². The lowest BCUT2D eigenvalue weighted by Gasteiger charge is -2.29. The normalized spacial score (nSPS) is 18.8. The first-order valence-corrected chi connectivity index (χ1v) is 10.5. The van der Waals surface area contributed by atoms with Gasteiger partial charge in [-0.2, -0.15) is 0 Å². The summed E-state index contributed by atoms with van der Waals surface area (Å²) in [4.78, 5) is 25.5. The van der Waals surface area contributed by atoms with Crippen molar-refractivity contribution in [2.24, 2.45) is 5.92 Å². The minimum Gasteiger partial charge on any atom is -0.369 e. The fraction of sp³-hybridized carbons (Fsp3) is 0.391. The fourth-order valence-electron chi connectivity index (χ4n) is 3.96. The van der Waals surface area contributed by atoms with Crippen LogP contribution in [0.2, 0.25) is 0 Å². The molecule has 0 aromatic heterocycles. The van der Waals surface area contributed by atoms with E-state index in [0.29, 0.717) is 18.8 Å². The van der Waals surface area contributed by atoms with Crippen LogP contribution in [0.15, 0.2) is 42.5 Å². The van der Waals surface area contributed by atoms with Crippen molar-refractivity contribution in [1.29, 1.82) is 0 Å². The van der Waals surface area contributed by atoms with Gasteiger partial charge in [-0.3, -0.25) is 9.59 Å². The van der Waals surface area contributed by atoms with Crippen LogP contribution in [0.5, 0.6) is 0 Å². The first-order chi connectivity index (χ1) is 14.6. The van der Waals surface area contributed by atoms with Crippen LogP contribution in [0.3, 0.4) is 0 Å². The molecule has 2 aromatic rings. The Bertz CT molecular complexity index is 910. The van der Waals surface area contributed by atoms with E-state index >= 15 is 0 Å². The van der Waals surface area contributed by atoms with Gasteiger partial charge >= 0.3 is 0 Å². The van der Waals surface area contributed by atoms with Crippen LogP contribution < -0.4 is 20.9 Å². The van der Waals surface area contributed by atoms with Crippen LogP contribution in [0.1, 0.15) is 31.2 Å². The summed E-state index contributed by atoms with van der Waals surface area (Å²) in [5.74, 6) is -0.652. The highest BCUT2D eigenvalue weighted by molar-refractivity contribution is 5.89. The van der Waals surface area contributed by atoms with Crippen molar-refractivity contribution in [1.82, 2.24) is 10.6 Å². The molecule has 30 heavy (non-hydrogen) atoms. The van der Waals surface area contributed by atoms with Crippen molar-refractivity contribution in [3.63, 3.8) is 0 Å². The Balaban J connectivity index is 1.34. The van der Waals surface area contributed by atoms with Crippen LogP contribution in [-0.2, 0) is 16.1 Å². The number of anilines is 3. The van der Waals surface area contributed by atoms with Gasteiger partial charge in [0.2, 0.25) is 11.8 Å². The van der Waals surface area contributed by atoms with E-state index in [4.69, 9.17) is 0 Å². The number of piperidine rings is 1. The number of hydrogen-bond acceptors (Lipinski definition) is 4. The molecule has 0 bridgehead atoms. The second-order valence-electron chi connectivity index (χ2n) is 7.96. The molecule has 158 valence electrons. The molecule has 2 aliphatic rings. The molecular formula is C23H27FN4O2. The molecule has 4 rings (SSSR count). The third-order valence-electron chi connectivity index (χ3n) is 5.70. The molecule has 2 fully saturated rings. The van der Waals surface area contributed by atoms with E-state index in [-0.39, 0.29) is 30.0 Å². The Kier molecular flexibility index (Phi) is 6.16. The Morgan fingerprint density at radius 2 is 1.80 bits per heavy atom. The molecule has 0 radical (unpaired) electrons. The molecule has 2 aromatic carbocycles. The molecule has 0 spiro atoms. The number of nitrogens with one attached hydrogen (secondary N) is 3. The van der Waals surface area contributed by atoms with E-state index in [1.54, 1.807) is 6.07 Å². The second kappa shape index (κ2) is 9.15. The zero-order chi connectivity index (χ0) is 20.9. The number of rotatable bonds is 6. The van der Waals surface area contributed by atoms with Crippen molar-refractivity contribution in [2.45, 2.75) is 32.2 Å². The van der Waals surface area contributed by atoms with Gasteiger partial charge in [0.1, 0.15) is 5.82 Å². The largest absolute Gasteiger partial charge is 0.369 e. The van der Waals surface area contributed by atoms with E-state index in [9.17, 15) is 14.0 Å². The average molecular weight is 410 g/mol. The van der Waals surface area contributed by atoms with E-state index < -0.39 is 0 Å². The standard InChI is InChI=1S/C23H27FN4O2/c24-20-9-8-19(13-21(20)28-10-2-1-3-11-28)27-18-6-4-16(5-7-18)14-26-23(30)17-12-22(29)25-15-17/h4-9,13,17,27H,1-3,10-12,14-15H2,(H,25,29)(H,26,30). The smallest absolute Gasteiger partial charge is 0.225 e. The number of benzene rings is 2. The summed E-state index contributed by atoms with van der Waals surface area (Å²) in [6, 6.07) is 12.9. The summed E-state index contributed by atoms with van der Waals surface area (Å²) in [6.07, 6.45) is 3.66. The summed E-state index contributed by atoms with van der Waals surface area (Å²) < 4.78 is 14.3. The topological polar surface area (TPSA) is 73.5 Å². The van der Waals surface area contributed by atoms with E-state index in [0.717, 1.165) is 42.9 Å². The molecule has 2 amide bonds. The van der Waals surface area contributed by atoms with Crippen molar-refractivity contribution in [2.75, 3.05) is 29.9 Å². The van der Waals surface area contributed by atoms with Crippen LogP contribution in [0.4, 0.5) is 21.5 Å². The molecule has 2 saturated heterocycles. The second-order valence-corrected chi connectivity index (χ2v) is 7.96. The Hall–Kier alpha value is -3.09. The first kappa shape index (κ1) is 20.2. The molecule has 6 nitrogen and oxygen atoms in total. The lowest BCUT2D eigenvalue weighted by molar-refractivity contribution is -0.126. The van der Waals surface area contributed by atoms with Gasteiger partial charge in [0, 0.05) is 44.0 Å². The van der Waals surface area contributed by atoms with Gasteiger partial charge in [0.25, 0.3) is 0 Å². The number of nitrogens with zero attached hydrogens (tertiary/aromatic N) is 1. The Labute approximate surface area is 175 Å². The molecule has 0 saturated carbocycles. The van der Waals surface area contributed by atoms with Crippen molar-refractivity contribution < 1.29 is 14.0 Å². The number of halogens is 1. The maximum absolute atomic E-state index is 14.3. The quantitative estimate of drug-likeness (QED) is 0.683. The molecular weight excluding hydrogens is 383 g/mol. The zero-order valence-corrected chi connectivity index (χ0v) is 16.9. The fourth-order valence-corrected chi connectivity index (χ4v) is 3.96. The van der Waals surface area contributed by atoms with E-state index in [1.807, 2.05) is 30.3 Å². The summed E-state index contributed by atoms with van der Waals surface area (Å²) >= 11 is 0. The molecule has 1 unspecified atom stereocenters. The molecule has 7 heteroatoms. The molecule has 0 aliphatic carbocycles. The van der Waals surface area contributed by atoms with Crippen LogP contribution in [0, 0.1) is 11.7 Å². The SMILES string of the molecule is O=C1CC(C(=O)NCc2ccc(Nc3ccc(F)c(N4CCCCC4)c3)cc2)CN1. The number of amides is 2. The van der Waals surface area contributed by atoms with Gasteiger partial charge in [-0.25, -0.2) is 4.39 Å². The molecule has 2 aliphatic heterocycles. The third-order valence-corrected chi connectivity index (χ3v) is 5.70. The monoisotopic (exact) mass is 410 g/mol. The van der Waals surface area contributed by atoms with Crippen molar-refractivity contribution >= 4 is 28.9 Å². The zero-order valence-electron chi connectivity index (χ0n) is 16.9. The number of carbonyl (C=O) groups excluding carboxylic acids is 2. The maximum Gasteiger partial charge on any atom is 0.225 e. The van der Waals surface area contributed by atoms with Gasteiger partial charge in [-0.15, -0.1) is 0 Å². The summed E-state index contributed by atoms with van der Waals surface area (Å²) in [7, 11) is 0. The van der Waals surface area contributed by atoms with Gasteiger partial charge in [0.05, 0.1) is 11.6 Å². The molecule has 3 N–H and O–H groups in total. The first-order valence-electron chi connectivity index (χ1n) is 10.5. The highest BCUT2D eigenvalue weighted by Gasteiger charge is 2.27. The van der Waals surface area contributed by atoms with Crippen molar-refractivity contribution in [3.05, 3.63) is 53.8 Å². The minimum absolute atomic E-state index is 0.0742. The predicted octanol–water partition coefficient (Wildman–Crippen LogP) is 3.31. The lowest BCUT2D eigenvalue weighted by Crippen LogP contribution is -2.31. The average Bonchev–Trinajstić information content (AvgIpc) is 3.21. The lowest BCUT2D eigenvalue weighted by atomic mass is 10.1. The minimum atomic E-state index is -0.286. The molecule has 2 heterocycles. The Morgan fingerprint density at radius 1 is 1.07 bits per heavy atom. The number of hydrogen-bond donors (Lipinski definition) is 3. The predicted molar refractivity (Wildman–Crippen MR) is 115 cm³/mol. The van der Waals surface area contributed by atoms with E-state index in [2.05, 4.69) is 20.9 Å². The molecule has 1 atom stereocenters. The summed E-state index contributed by atoms with van der Waals surface area (Å²) in [5.41, 5.74) is 3.36. The maximum atomic E-state index is 14.3. The van der Waals surface area contributed by atoms with Crippen LogP contribution >= 0.6 is 0 Å².